The molecular weight excluding hydrogens is 372 g/mol. The van der Waals surface area contributed by atoms with Gasteiger partial charge >= 0.3 is 5.97 Å². The summed E-state index contributed by atoms with van der Waals surface area (Å²) in [5.41, 5.74) is 1.77. The molecule has 1 amide bonds. The summed E-state index contributed by atoms with van der Waals surface area (Å²) in [6.45, 7) is 0.639. The Kier molecular flexibility index (Phi) is 4.88. The van der Waals surface area contributed by atoms with Gasteiger partial charge in [0.25, 0.3) is 5.69 Å². The van der Waals surface area contributed by atoms with E-state index < -0.39 is 10.9 Å². The number of carbonyl (C=O) groups is 2. The lowest BCUT2D eigenvalue weighted by molar-refractivity contribution is -0.384. The minimum atomic E-state index is -0.544. The second-order valence-electron chi connectivity index (χ2n) is 6.61. The Bertz CT molecular complexity index is 816. The molecule has 2 atom stereocenters. The van der Waals surface area contributed by atoms with Gasteiger partial charge in [0.2, 0.25) is 5.91 Å². The Hall–Kier alpha value is -2.39. The number of carbonyl (C=O) groups excluding carboxylic acids is 2. The molecule has 3 heterocycles. The van der Waals surface area contributed by atoms with E-state index in [0.29, 0.717) is 30.0 Å². The van der Waals surface area contributed by atoms with Gasteiger partial charge in [0.15, 0.2) is 0 Å². The molecule has 0 aliphatic carbocycles. The summed E-state index contributed by atoms with van der Waals surface area (Å²) in [6, 6.07) is 5.84. The first-order valence-electron chi connectivity index (χ1n) is 8.73. The second-order valence-corrected chi connectivity index (χ2v) is 7.77. The van der Waals surface area contributed by atoms with Gasteiger partial charge in [-0.2, -0.15) is 0 Å². The van der Waals surface area contributed by atoms with Crippen LogP contribution < -0.4 is 0 Å². The van der Waals surface area contributed by atoms with Gasteiger partial charge in [0.1, 0.15) is 12.3 Å². The van der Waals surface area contributed by atoms with Crippen LogP contribution in [0.1, 0.15) is 24.8 Å². The molecule has 27 heavy (non-hydrogen) atoms. The minimum absolute atomic E-state index is 0.00965. The number of nitro benzene ring substituents is 1. The van der Waals surface area contributed by atoms with E-state index in [1.165, 1.54) is 17.0 Å². The van der Waals surface area contributed by atoms with Gasteiger partial charge < -0.3 is 9.47 Å². The number of ether oxygens (including phenoxy) is 2. The van der Waals surface area contributed by atoms with Crippen LogP contribution in [0.4, 0.5) is 5.69 Å². The Morgan fingerprint density at radius 1 is 1.37 bits per heavy atom. The van der Waals surface area contributed by atoms with Gasteiger partial charge in [-0.25, -0.2) is 4.79 Å². The van der Waals surface area contributed by atoms with E-state index in [-0.39, 0.29) is 29.7 Å². The van der Waals surface area contributed by atoms with E-state index in [2.05, 4.69) is 0 Å². The number of amides is 1. The Balaban J connectivity index is 1.52. The molecule has 4 rings (SSSR count). The standard InChI is InChI=1S/C18H18N2O6S/c21-15-8-16-19(15)17(13(10-27-16)14-2-1-7-25-14)18(22)26-9-11-3-5-12(6-4-11)20(23)24/h3-6,14,16H,1-2,7-10H2/t14-,16?/m0/s1. The third kappa shape index (κ3) is 3.44. The van der Waals surface area contributed by atoms with Crippen molar-refractivity contribution < 1.29 is 24.0 Å². The zero-order chi connectivity index (χ0) is 19.0. The summed E-state index contributed by atoms with van der Waals surface area (Å²) in [5, 5.41) is 10.7. The van der Waals surface area contributed by atoms with Gasteiger partial charge in [-0.1, -0.05) is 0 Å². The fourth-order valence-electron chi connectivity index (χ4n) is 3.46. The predicted molar refractivity (Wildman–Crippen MR) is 96.6 cm³/mol. The van der Waals surface area contributed by atoms with E-state index in [4.69, 9.17) is 9.47 Å². The molecule has 3 aliphatic heterocycles. The number of benzene rings is 1. The fourth-order valence-corrected chi connectivity index (χ4v) is 4.78. The number of hydrogen-bond acceptors (Lipinski definition) is 7. The van der Waals surface area contributed by atoms with Crippen molar-refractivity contribution in [3.8, 4) is 0 Å². The molecule has 0 aromatic heterocycles. The molecule has 9 heteroatoms. The van der Waals surface area contributed by atoms with Gasteiger partial charge in [0, 0.05) is 24.5 Å². The highest BCUT2D eigenvalue weighted by Crippen LogP contribution is 2.42. The Morgan fingerprint density at radius 2 is 2.15 bits per heavy atom. The van der Waals surface area contributed by atoms with Crippen LogP contribution in [0.25, 0.3) is 0 Å². The molecule has 8 nitrogen and oxygen atoms in total. The fraction of sp³-hybridized carbons (Fsp3) is 0.444. The van der Waals surface area contributed by atoms with Crippen molar-refractivity contribution in [2.24, 2.45) is 0 Å². The molecule has 1 unspecified atom stereocenters. The maximum Gasteiger partial charge on any atom is 0.355 e. The summed E-state index contributed by atoms with van der Waals surface area (Å²) in [6.07, 6.45) is 2.06. The number of rotatable bonds is 5. The number of hydrogen-bond donors (Lipinski definition) is 0. The number of nitrogens with zero attached hydrogens (tertiary/aromatic N) is 2. The first-order chi connectivity index (χ1) is 13.0. The van der Waals surface area contributed by atoms with Crippen LogP contribution in [0.3, 0.4) is 0 Å². The highest BCUT2D eigenvalue weighted by molar-refractivity contribution is 8.00. The van der Waals surface area contributed by atoms with Gasteiger partial charge in [-0.05, 0) is 36.1 Å². The lowest BCUT2D eigenvalue weighted by Crippen LogP contribution is -2.54. The van der Waals surface area contributed by atoms with Crippen molar-refractivity contribution in [1.29, 1.82) is 0 Å². The molecule has 0 radical (unpaired) electrons. The molecule has 0 spiro atoms. The van der Waals surface area contributed by atoms with Crippen molar-refractivity contribution in [1.82, 2.24) is 4.90 Å². The molecule has 2 saturated heterocycles. The SMILES string of the molecule is O=C(OCc1ccc([N+](=O)[O-])cc1)C1=C([C@@H]2CCCO2)CSC2CC(=O)N12. The molecule has 142 valence electrons. The van der Waals surface area contributed by atoms with Crippen molar-refractivity contribution in [2.45, 2.75) is 37.3 Å². The van der Waals surface area contributed by atoms with Crippen LogP contribution in [0.15, 0.2) is 35.5 Å². The third-order valence-electron chi connectivity index (χ3n) is 4.91. The largest absolute Gasteiger partial charge is 0.456 e. The van der Waals surface area contributed by atoms with Crippen LogP contribution >= 0.6 is 11.8 Å². The minimum Gasteiger partial charge on any atom is -0.456 e. The Labute approximate surface area is 159 Å². The highest BCUT2D eigenvalue weighted by atomic mass is 32.2. The maximum absolute atomic E-state index is 12.8. The van der Waals surface area contributed by atoms with Crippen LogP contribution in [-0.2, 0) is 25.7 Å². The average molecular weight is 390 g/mol. The molecule has 1 aromatic rings. The van der Waals surface area contributed by atoms with Crippen molar-refractivity contribution in [3.05, 3.63) is 51.2 Å². The summed E-state index contributed by atoms with van der Waals surface area (Å²) >= 11 is 1.65. The quantitative estimate of drug-likeness (QED) is 0.329. The zero-order valence-corrected chi connectivity index (χ0v) is 15.3. The molecule has 0 saturated carbocycles. The molecule has 2 fully saturated rings. The van der Waals surface area contributed by atoms with Crippen LogP contribution in [0.5, 0.6) is 0 Å². The maximum atomic E-state index is 12.8. The van der Waals surface area contributed by atoms with Crippen LogP contribution in [0, 0.1) is 10.1 Å². The first kappa shape index (κ1) is 18.0. The number of fused-ring (bicyclic) bond motifs is 1. The summed E-state index contributed by atoms with van der Waals surface area (Å²) in [7, 11) is 0. The van der Waals surface area contributed by atoms with E-state index in [9.17, 15) is 19.7 Å². The zero-order valence-electron chi connectivity index (χ0n) is 14.5. The van der Waals surface area contributed by atoms with Gasteiger partial charge in [-0.3, -0.25) is 19.8 Å². The lowest BCUT2D eigenvalue weighted by Gasteiger charge is -2.45. The summed E-state index contributed by atoms with van der Waals surface area (Å²) < 4.78 is 11.2. The molecule has 3 aliphatic rings. The summed E-state index contributed by atoms with van der Waals surface area (Å²) in [5.74, 6) is 0.0309. The van der Waals surface area contributed by atoms with Crippen LogP contribution in [-0.4, -0.2) is 45.5 Å². The number of thioether (sulfide) groups is 1. The number of esters is 1. The highest BCUT2D eigenvalue weighted by Gasteiger charge is 2.47. The van der Waals surface area contributed by atoms with E-state index in [0.717, 1.165) is 18.4 Å². The van der Waals surface area contributed by atoms with E-state index >= 15 is 0 Å². The van der Waals surface area contributed by atoms with Crippen molar-refractivity contribution in [2.75, 3.05) is 12.4 Å². The van der Waals surface area contributed by atoms with Crippen molar-refractivity contribution >= 4 is 29.3 Å². The predicted octanol–water partition coefficient (Wildman–Crippen LogP) is 2.38. The second kappa shape index (κ2) is 7.32. The number of non-ortho nitro benzene ring substituents is 1. The number of β-lactam (4-membered cyclic amide) rings is 1. The van der Waals surface area contributed by atoms with E-state index in [1.54, 1.807) is 23.9 Å². The van der Waals surface area contributed by atoms with Gasteiger partial charge in [-0.15, -0.1) is 11.8 Å². The van der Waals surface area contributed by atoms with Crippen molar-refractivity contribution in [3.63, 3.8) is 0 Å². The third-order valence-corrected chi connectivity index (χ3v) is 6.15. The smallest absolute Gasteiger partial charge is 0.355 e. The van der Waals surface area contributed by atoms with Crippen LogP contribution in [0.2, 0.25) is 0 Å². The first-order valence-corrected chi connectivity index (χ1v) is 9.78. The number of nitro groups is 1. The lowest BCUT2D eigenvalue weighted by atomic mass is 10.0. The van der Waals surface area contributed by atoms with E-state index in [1.807, 2.05) is 0 Å². The monoisotopic (exact) mass is 390 g/mol. The summed E-state index contributed by atoms with van der Waals surface area (Å²) in [4.78, 5) is 36.6. The molecule has 0 bridgehead atoms. The van der Waals surface area contributed by atoms with Gasteiger partial charge in [0.05, 0.1) is 22.8 Å². The molecule has 0 N–H and O–H groups in total. The molecule has 1 aromatic carbocycles. The molecular formula is C18H18N2O6S. The normalized spacial score (nSPS) is 24.4. The Morgan fingerprint density at radius 3 is 2.78 bits per heavy atom. The topological polar surface area (TPSA) is 99.0 Å². The average Bonchev–Trinajstić information content (AvgIpc) is 3.19.